The summed E-state index contributed by atoms with van der Waals surface area (Å²) in [5.74, 6) is 0.352. The Hall–Kier alpha value is -1.06. The number of hydrogen-bond donors (Lipinski definition) is 1. The monoisotopic (exact) mass is 266 g/mol. The molecule has 0 radical (unpaired) electrons. The average molecular weight is 267 g/mol. The maximum absolute atomic E-state index is 12.2. The molecule has 2 rings (SSSR count). The van der Waals surface area contributed by atoms with E-state index in [-0.39, 0.29) is 11.8 Å². The maximum Gasteiger partial charge on any atom is 0.227 e. The molecular formula is C14H19ClN2O. The Bertz CT molecular complexity index is 416. The molecule has 0 saturated carbocycles. The summed E-state index contributed by atoms with van der Waals surface area (Å²) in [6.07, 6.45) is 2.08. The van der Waals surface area contributed by atoms with Gasteiger partial charge in [0.1, 0.15) is 0 Å². The van der Waals surface area contributed by atoms with Gasteiger partial charge in [-0.05, 0) is 37.1 Å². The molecule has 1 N–H and O–H groups in total. The number of piperidine rings is 1. The molecule has 0 aromatic heterocycles. The summed E-state index contributed by atoms with van der Waals surface area (Å²) in [5.41, 5.74) is 1.07. The smallest absolute Gasteiger partial charge is 0.227 e. The summed E-state index contributed by atoms with van der Waals surface area (Å²) >= 11 is 5.94. The standard InChI is InChI=1S/C14H19ClN2O/c1-17(10-11-4-2-6-13(15)8-11)14(18)12-5-3-7-16-9-12/h2,4,6,8,12,16H,3,5,7,9-10H2,1H3/t12-/m1/s1. The van der Waals surface area contributed by atoms with E-state index in [0.717, 1.165) is 31.5 Å². The third-order valence-corrected chi connectivity index (χ3v) is 3.57. The largest absolute Gasteiger partial charge is 0.341 e. The van der Waals surface area contributed by atoms with E-state index in [9.17, 15) is 4.79 Å². The fourth-order valence-electron chi connectivity index (χ4n) is 2.36. The Morgan fingerprint density at radius 3 is 3.06 bits per heavy atom. The van der Waals surface area contributed by atoms with Gasteiger partial charge in [0, 0.05) is 25.2 Å². The molecule has 1 saturated heterocycles. The normalized spacial score (nSPS) is 19.6. The minimum Gasteiger partial charge on any atom is -0.341 e. The fraction of sp³-hybridized carbons (Fsp3) is 0.500. The topological polar surface area (TPSA) is 32.3 Å². The summed E-state index contributed by atoms with van der Waals surface area (Å²) in [6, 6.07) is 7.66. The first kappa shape index (κ1) is 13.4. The SMILES string of the molecule is CN(Cc1cccc(Cl)c1)C(=O)[C@@H]1CCCNC1. The molecule has 1 heterocycles. The Morgan fingerprint density at radius 1 is 1.56 bits per heavy atom. The van der Waals surface area contributed by atoms with Gasteiger partial charge >= 0.3 is 0 Å². The van der Waals surface area contributed by atoms with Crippen LogP contribution in [0.1, 0.15) is 18.4 Å². The first-order valence-electron chi connectivity index (χ1n) is 6.37. The van der Waals surface area contributed by atoms with Crippen LogP contribution in [0.15, 0.2) is 24.3 Å². The van der Waals surface area contributed by atoms with Crippen molar-refractivity contribution in [1.82, 2.24) is 10.2 Å². The lowest BCUT2D eigenvalue weighted by Gasteiger charge is -2.27. The van der Waals surface area contributed by atoms with Crippen LogP contribution in [0.25, 0.3) is 0 Å². The van der Waals surface area contributed by atoms with Crippen LogP contribution < -0.4 is 5.32 Å². The zero-order valence-electron chi connectivity index (χ0n) is 10.7. The molecule has 1 atom stereocenters. The highest BCUT2D eigenvalue weighted by Gasteiger charge is 2.23. The number of carbonyl (C=O) groups excluding carboxylic acids is 1. The van der Waals surface area contributed by atoms with Gasteiger partial charge < -0.3 is 10.2 Å². The van der Waals surface area contributed by atoms with Crippen molar-refractivity contribution in [3.05, 3.63) is 34.9 Å². The lowest BCUT2D eigenvalue weighted by molar-refractivity contribution is -0.135. The zero-order valence-corrected chi connectivity index (χ0v) is 11.4. The highest BCUT2D eigenvalue weighted by molar-refractivity contribution is 6.30. The molecule has 1 aliphatic heterocycles. The van der Waals surface area contributed by atoms with Crippen LogP contribution in [-0.2, 0) is 11.3 Å². The summed E-state index contributed by atoms with van der Waals surface area (Å²) in [4.78, 5) is 14.0. The van der Waals surface area contributed by atoms with E-state index < -0.39 is 0 Å². The van der Waals surface area contributed by atoms with Crippen molar-refractivity contribution in [3.8, 4) is 0 Å². The Kier molecular flexibility index (Phi) is 4.61. The second kappa shape index (κ2) is 6.21. The van der Waals surface area contributed by atoms with Crippen LogP contribution in [0.2, 0.25) is 5.02 Å². The minimum atomic E-state index is 0.128. The number of nitrogens with one attached hydrogen (secondary N) is 1. The van der Waals surface area contributed by atoms with Crippen LogP contribution in [0.5, 0.6) is 0 Å². The van der Waals surface area contributed by atoms with Crippen molar-refractivity contribution in [2.24, 2.45) is 5.92 Å². The molecule has 0 unspecified atom stereocenters. The molecule has 1 fully saturated rings. The molecule has 98 valence electrons. The molecule has 1 aliphatic rings. The van der Waals surface area contributed by atoms with Gasteiger partial charge in [-0.3, -0.25) is 4.79 Å². The molecule has 18 heavy (non-hydrogen) atoms. The number of rotatable bonds is 3. The second-order valence-electron chi connectivity index (χ2n) is 4.87. The molecule has 3 nitrogen and oxygen atoms in total. The lowest BCUT2D eigenvalue weighted by atomic mass is 9.98. The van der Waals surface area contributed by atoms with E-state index in [2.05, 4.69) is 5.32 Å². The third-order valence-electron chi connectivity index (χ3n) is 3.33. The number of nitrogens with zero attached hydrogens (tertiary/aromatic N) is 1. The van der Waals surface area contributed by atoms with Crippen molar-refractivity contribution in [2.75, 3.05) is 20.1 Å². The van der Waals surface area contributed by atoms with E-state index in [1.165, 1.54) is 0 Å². The van der Waals surface area contributed by atoms with Crippen molar-refractivity contribution in [2.45, 2.75) is 19.4 Å². The number of benzene rings is 1. The van der Waals surface area contributed by atoms with Crippen molar-refractivity contribution in [1.29, 1.82) is 0 Å². The average Bonchev–Trinajstić information content (AvgIpc) is 2.39. The van der Waals surface area contributed by atoms with E-state index >= 15 is 0 Å². The van der Waals surface area contributed by atoms with Crippen molar-refractivity contribution >= 4 is 17.5 Å². The van der Waals surface area contributed by atoms with Gasteiger partial charge in [-0.25, -0.2) is 0 Å². The van der Waals surface area contributed by atoms with Gasteiger partial charge in [0.05, 0.1) is 5.92 Å². The third kappa shape index (κ3) is 3.47. The molecule has 0 bridgehead atoms. The number of halogens is 1. The van der Waals surface area contributed by atoms with Gasteiger partial charge in [0.2, 0.25) is 5.91 Å². The van der Waals surface area contributed by atoms with E-state index in [1.54, 1.807) is 4.90 Å². The van der Waals surface area contributed by atoms with Crippen LogP contribution in [0, 0.1) is 5.92 Å². The predicted octanol–water partition coefficient (Wildman–Crippen LogP) is 2.30. The molecule has 4 heteroatoms. The van der Waals surface area contributed by atoms with Gasteiger partial charge in [0.15, 0.2) is 0 Å². The van der Waals surface area contributed by atoms with Crippen LogP contribution >= 0.6 is 11.6 Å². The highest BCUT2D eigenvalue weighted by atomic mass is 35.5. The first-order valence-corrected chi connectivity index (χ1v) is 6.75. The molecule has 0 spiro atoms. The minimum absolute atomic E-state index is 0.128. The number of hydrogen-bond acceptors (Lipinski definition) is 2. The first-order chi connectivity index (χ1) is 8.66. The fourth-order valence-corrected chi connectivity index (χ4v) is 2.57. The molecule has 1 aromatic carbocycles. The van der Waals surface area contributed by atoms with Crippen LogP contribution in [0.4, 0.5) is 0 Å². The van der Waals surface area contributed by atoms with E-state index in [1.807, 2.05) is 31.3 Å². The summed E-state index contributed by atoms with van der Waals surface area (Å²) in [5, 5.41) is 3.99. The van der Waals surface area contributed by atoms with E-state index in [0.29, 0.717) is 11.6 Å². The Labute approximate surface area is 113 Å². The zero-order chi connectivity index (χ0) is 13.0. The maximum atomic E-state index is 12.2. The number of amides is 1. The van der Waals surface area contributed by atoms with Gasteiger partial charge in [-0.15, -0.1) is 0 Å². The summed E-state index contributed by atoms with van der Waals surface area (Å²) in [7, 11) is 1.86. The second-order valence-corrected chi connectivity index (χ2v) is 5.30. The van der Waals surface area contributed by atoms with Crippen LogP contribution in [0.3, 0.4) is 0 Å². The molecule has 1 aromatic rings. The molecular weight excluding hydrogens is 248 g/mol. The summed E-state index contributed by atoms with van der Waals surface area (Å²) < 4.78 is 0. The van der Waals surface area contributed by atoms with Crippen molar-refractivity contribution in [3.63, 3.8) is 0 Å². The van der Waals surface area contributed by atoms with Crippen LogP contribution in [-0.4, -0.2) is 30.9 Å². The van der Waals surface area contributed by atoms with Crippen molar-refractivity contribution < 1.29 is 4.79 Å². The van der Waals surface area contributed by atoms with E-state index in [4.69, 9.17) is 11.6 Å². The van der Waals surface area contributed by atoms with Gasteiger partial charge in [0.25, 0.3) is 0 Å². The van der Waals surface area contributed by atoms with Gasteiger partial charge in [-0.1, -0.05) is 23.7 Å². The Morgan fingerprint density at radius 2 is 2.39 bits per heavy atom. The summed E-state index contributed by atoms with van der Waals surface area (Å²) in [6.45, 7) is 2.45. The quantitative estimate of drug-likeness (QED) is 0.911. The Balaban J connectivity index is 1.94. The predicted molar refractivity (Wildman–Crippen MR) is 73.5 cm³/mol. The highest BCUT2D eigenvalue weighted by Crippen LogP contribution is 2.16. The number of carbonyl (C=O) groups is 1. The molecule has 1 amide bonds. The lowest BCUT2D eigenvalue weighted by Crippen LogP contribution is -2.41. The van der Waals surface area contributed by atoms with Gasteiger partial charge in [-0.2, -0.15) is 0 Å². The molecule has 0 aliphatic carbocycles.